The molecular weight excluding hydrogens is 354 g/mol. The second-order valence-electron chi connectivity index (χ2n) is 6.09. The average Bonchev–Trinajstić information content (AvgIpc) is 2.67. The van der Waals surface area contributed by atoms with Crippen molar-refractivity contribution < 1.29 is 29.0 Å². The Balaban J connectivity index is 3.51. The predicted molar refractivity (Wildman–Crippen MR) is 101 cm³/mol. The number of ketones is 1. The summed E-state index contributed by atoms with van der Waals surface area (Å²) in [5.74, 6) is -0.442. The summed E-state index contributed by atoms with van der Waals surface area (Å²) in [6.45, 7) is 3.76. The molecule has 0 saturated heterocycles. The lowest BCUT2D eigenvalue weighted by Crippen LogP contribution is -2.29. The summed E-state index contributed by atoms with van der Waals surface area (Å²) < 4.78 is 10.5. The normalized spacial score (nSPS) is 11.8. The average molecular weight is 389 g/mol. The summed E-state index contributed by atoms with van der Waals surface area (Å²) in [4.78, 5) is 34.2. The Kier molecular flexibility index (Phi) is 16.8. The summed E-state index contributed by atoms with van der Waals surface area (Å²) in [7, 11) is 0. The van der Waals surface area contributed by atoms with E-state index in [1.165, 1.54) is 0 Å². The van der Waals surface area contributed by atoms with Crippen molar-refractivity contribution in [1.82, 2.24) is 10.6 Å². The number of hydrogen-bond donors (Lipinski definition) is 4. The summed E-state index contributed by atoms with van der Waals surface area (Å²) in [6, 6.07) is 0. The van der Waals surface area contributed by atoms with E-state index in [0.717, 1.165) is 12.8 Å². The number of hydrogen-bond acceptors (Lipinski definition) is 7. The first-order chi connectivity index (χ1) is 13.0. The van der Waals surface area contributed by atoms with Gasteiger partial charge < -0.3 is 30.9 Å². The van der Waals surface area contributed by atoms with E-state index < -0.39 is 0 Å². The van der Waals surface area contributed by atoms with Crippen LogP contribution in [0.15, 0.2) is 0 Å². The Morgan fingerprint density at radius 2 is 1.67 bits per heavy atom. The van der Waals surface area contributed by atoms with Crippen molar-refractivity contribution in [1.29, 1.82) is 0 Å². The molecule has 0 aliphatic carbocycles. The molecule has 5 N–H and O–H groups in total. The van der Waals surface area contributed by atoms with Gasteiger partial charge in [0.05, 0.1) is 26.4 Å². The van der Waals surface area contributed by atoms with Gasteiger partial charge in [-0.1, -0.05) is 13.3 Å². The molecule has 27 heavy (non-hydrogen) atoms. The van der Waals surface area contributed by atoms with Crippen molar-refractivity contribution in [2.24, 2.45) is 11.7 Å². The van der Waals surface area contributed by atoms with E-state index in [9.17, 15) is 14.4 Å². The van der Waals surface area contributed by atoms with E-state index in [1.807, 2.05) is 0 Å². The predicted octanol–water partition coefficient (Wildman–Crippen LogP) is -0.641. The van der Waals surface area contributed by atoms with Crippen molar-refractivity contribution in [3.63, 3.8) is 0 Å². The molecule has 0 saturated carbocycles. The van der Waals surface area contributed by atoms with Crippen LogP contribution in [0, 0.1) is 5.92 Å². The zero-order valence-corrected chi connectivity index (χ0v) is 16.3. The number of ether oxygens (including phenoxy) is 2. The van der Waals surface area contributed by atoms with Gasteiger partial charge in [-0.3, -0.25) is 14.4 Å². The fourth-order valence-corrected chi connectivity index (χ4v) is 2.36. The number of Topliss-reactive ketones (excluding diaryl/α,β-unsaturated/α-hetero) is 1. The SMILES string of the molecule is CCC(=O)NCCOCCOCC(=O)NCCCC[C@H](CCO)C(=O)CN. The van der Waals surface area contributed by atoms with E-state index in [2.05, 4.69) is 10.6 Å². The van der Waals surface area contributed by atoms with E-state index in [0.29, 0.717) is 52.2 Å². The van der Waals surface area contributed by atoms with Crippen LogP contribution in [0.25, 0.3) is 0 Å². The number of rotatable bonds is 18. The molecule has 0 aliphatic heterocycles. The molecule has 0 aromatic carbocycles. The second kappa shape index (κ2) is 17.8. The lowest BCUT2D eigenvalue weighted by Gasteiger charge is -2.13. The molecule has 0 aromatic heterocycles. The Bertz CT molecular complexity index is 420. The molecule has 0 spiro atoms. The first-order valence-electron chi connectivity index (χ1n) is 9.57. The Hall–Kier alpha value is -1.55. The summed E-state index contributed by atoms with van der Waals surface area (Å²) >= 11 is 0. The molecule has 0 aliphatic rings. The van der Waals surface area contributed by atoms with Gasteiger partial charge in [0.1, 0.15) is 12.4 Å². The summed E-state index contributed by atoms with van der Waals surface area (Å²) in [6.07, 6.45) is 3.08. The van der Waals surface area contributed by atoms with Crippen molar-refractivity contribution >= 4 is 17.6 Å². The number of carbonyl (C=O) groups excluding carboxylic acids is 3. The maximum absolute atomic E-state index is 11.6. The fraction of sp³-hybridized carbons (Fsp3) is 0.833. The topological polar surface area (TPSA) is 140 Å². The van der Waals surface area contributed by atoms with Crippen LogP contribution in [0.5, 0.6) is 0 Å². The molecular formula is C18H35N3O6. The fourth-order valence-electron chi connectivity index (χ4n) is 2.36. The smallest absolute Gasteiger partial charge is 0.245 e. The molecule has 9 nitrogen and oxygen atoms in total. The first-order valence-corrected chi connectivity index (χ1v) is 9.57. The number of unbranched alkanes of at least 4 members (excludes halogenated alkanes) is 1. The van der Waals surface area contributed by atoms with Crippen LogP contribution >= 0.6 is 0 Å². The van der Waals surface area contributed by atoms with Crippen molar-refractivity contribution in [3.8, 4) is 0 Å². The van der Waals surface area contributed by atoms with Crippen LogP contribution in [-0.2, 0) is 23.9 Å². The molecule has 1 atom stereocenters. The minimum atomic E-state index is -0.200. The van der Waals surface area contributed by atoms with Gasteiger partial charge in [0.2, 0.25) is 11.8 Å². The zero-order chi connectivity index (χ0) is 20.3. The van der Waals surface area contributed by atoms with Gasteiger partial charge in [0.15, 0.2) is 0 Å². The van der Waals surface area contributed by atoms with Gasteiger partial charge in [-0.05, 0) is 19.3 Å². The summed E-state index contributed by atoms with van der Waals surface area (Å²) in [5.41, 5.74) is 5.36. The highest BCUT2D eigenvalue weighted by atomic mass is 16.5. The molecule has 2 amide bonds. The molecule has 0 bridgehead atoms. The van der Waals surface area contributed by atoms with Gasteiger partial charge in [-0.15, -0.1) is 0 Å². The van der Waals surface area contributed by atoms with Crippen molar-refractivity contribution in [2.75, 3.05) is 52.7 Å². The molecule has 9 heteroatoms. The maximum atomic E-state index is 11.6. The zero-order valence-electron chi connectivity index (χ0n) is 16.3. The van der Waals surface area contributed by atoms with E-state index in [4.69, 9.17) is 20.3 Å². The third-order valence-electron chi connectivity index (χ3n) is 3.93. The van der Waals surface area contributed by atoms with Gasteiger partial charge in [0.25, 0.3) is 0 Å². The summed E-state index contributed by atoms with van der Waals surface area (Å²) in [5, 5.41) is 14.4. The highest BCUT2D eigenvalue weighted by molar-refractivity contribution is 5.82. The van der Waals surface area contributed by atoms with Crippen molar-refractivity contribution in [2.45, 2.75) is 39.0 Å². The van der Waals surface area contributed by atoms with Crippen LogP contribution in [0.2, 0.25) is 0 Å². The number of carbonyl (C=O) groups is 3. The molecule has 0 aromatic rings. The molecule has 0 radical (unpaired) electrons. The molecule has 0 unspecified atom stereocenters. The van der Waals surface area contributed by atoms with Gasteiger partial charge in [0, 0.05) is 32.0 Å². The number of nitrogens with two attached hydrogens (primary N) is 1. The highest BCUT2D eigenvalue weighted by Gasteiger charge is 2.15. The van der Waals surface area contributed by atoms with Gasteiger partial charge in [-0.2, -0.15) is 0 Å². The quantitative estimate of drug-likeness (QED) is 0.229. The van der Waals surface area contributed by atoms with Gasteiger partial charge >= 0.3 is 0 Å². The third kappa shape index (κ3) is 15.2. The van der Waals surface area contributed by atoms with Crippen LogP contribution in [0.4, 0.5) is 0 Å². The number of amides is 2. The Morgan fingerprint density at radius 3 is 2.33 bits per heavy atom. The molecule has 0 fully saturated rings. The Labute approximate surface area is 161 Å². The molecule has 158 valence electrons. The Morgan fingerprint density at radius 1 is 0.963 bits per heavy atom. The van der Waals surface area contributed by atoms with Crippen LogP contribution < -0.4 is 16.4 Å². The van der Waals surface area contributed by atoms with Gasteiger partial charge in [-0.25, -0.2) is 0 Å². The lowest BCUT2D eigenvalue weighted by molar-refractivity contribution is -0.126. The minimum Gasteiger partial charge on any atom is -0.396 e. The monoisotopic (exact) mass is 389 g/mol. The van der Waals surface area contributed by atoms with Crippen LogP contribution in [0.1, 0.15) is 39.0 Å². The number of aliphatic hydroxyl groups is 1. The van der Waals surface area contributed by atoms with Crippen LogP contribution in [-0.4, -0.2) is 75.4 Å². The van der Waals surface area contributed by atoms with Crippen molar-refractivity contribution in [3.05, 3.63) is 0 Å². The van der Waals surface area contributed by atoms with Crippen LogP contribution in [0.3, 0.4) is 0 Å². The minimum absolute atomic E-state index is 0.00413. The largest absolute Gasteiger partial charge is 0.396 e. The number of aliphatic hydroxyl groups excluding tert-OH is 1. The number of nitrogens with one attached hydrogen (secondary N) is 2. The lowest BCUT2D eigenvalue weighted by atomic mass is 9.94. The maximum Gasteiger partial charge on any atom is 0.245 e. The second-order valence-corrected chi connectivity index (χ2v) is 6.09. The van der Waals surface area contributed by atoms with E-state index >= 15 is 0 Å². The molecule has 0 heterocycles. The third-order valence-corrected chi connectivity index (χ3v) is 3.93. The van der Waals surface area contributed by atoms with E-state index in [-0.39, 0.29) is 43.3 Å². The molecule has 0 rings (SSSR count). The highest BCUT2D eigenvalue weighted by Crippen LogP contribution is 2.13. The standard InChI is InChI=1S/C18H35N3O6/c1-2-17(24)21-8-10-26-11-12-27-14-18(25)20-7-4-3-5-15(6-9-22)16(23)13-19/h15,22H,2-14,19H2,1H3,(H,20,25)(H,21,24)/t15-/m1/s1. The van der Waals surface area contributed by atoms with E-state index in [1.54, 1.807) is 6.92 Å². The first kappa shape index (κ1) is 25.4.